The Balaban J connectivity index is 0.00000180. The summed E-state index contributed by atoms with van der Waals surface area (Å²) < 4.78 is 12.6. The second-order valence-electron chi connectivity index (χ2n) is 7.99. The van der Waals surface area contributed by atoms with E-state index in [2.05, 4.69) is 14.1 Å². The van der Waals surface area contributed by atoms with Gasteiger partial charge in [0.2, 0.25) is 5.60 Å². The van der Waals surface area contributed by atoms with Gasteiger partial charge < -0.3 is 36.0 Å². The van der Waals surface area contributed by atoms with E-state index < -0.39 is 11.6 Å². The molecule has 5 atom stereocenters. The third-order valence-corrected chi connectivity index (χ3v) is 8.32. The molecule has 146 valence electrons. The van der Waals surface area contributed by atoms with Crippen molar-refractivity contribution in [1.29, 1.82) is 0 Å². The zero-order chi connectivity index (χ0) is 18.1. The number of rotatable bonds is 4. The van der Waals surface area contributed by atoms with Crippen LogP contribution in [-0.2, 0) is 19.9 Å². The lowest BCUT2D eigenvalue weighted by Gasteiger charge is -2.45. The summed E-state index contributed by atoms with van der Waals surface area (Å²) in [5, 5.41) is 15.1. The molecule has 27 heavy (non-hydrogen) atoms. The summed E-state index contributed by atoms with van der Waals surface area (Å²) in [6.45, 7) is 0. The summed E-state index contributed by atoms with van der Waals surface area (Å²) in [6, 6.07) is 8.01. The molecular formula is C19H22BrNO4S2. The number of ether oxygens (including phenoxy) is 2. The van der Waals surface area contributed by atoms with Gasteiger partial charge in [-0.15, -0.1) is 22.7 Å². The Kier molecular flexibility index (Phi) is 4.81. The molecule has 3 saturated heterocycles. The van der Waals surface area contributed by atoms with Crippen molar-refractivity contribution in [1.82, 2.24) is 0 Å². The lowest BCUT2D eigenvalue weighted by Crippen LogP contribution is -3.00. The quantitative estimate of drug-likeness (QED) is 0.365. The van der Waals surface area contributed by atoms with Crippen molar-refractivity contribution < 1.29 is 40.8 Å². The normalized spacial score (nSPS) is 33.1. The van der Waals surface area contributed by atoms with Gasteiger partial charge in [-0.25, -0.2) is 4.79 Å². The van der Waals surface area contributed by atoms with Gasteiger partial charge in [-0.05, 0) is 22.9 Å². The summed E-state index contributed by atoms with van der Waals surface area (Å²) in [4.78, 5) is 14.3. The van der Waals surface area contributed by atoms with E-state index in [4.69, 9.17) is 9.47 Å². The van der Waals surface area contributed by atoms with Crippen molar-refractivity contribution in [2.24, 2.45) is 0 Å². The molecule has 1 unspecified atom stereocenters. The second kappa shape index (κ2) is 6.64. The highest BCUT2D eigenvalue weighted by atomic mass is 79.9. The van der Waals surface area contributed by atoms with Crippen LogP contribution in [0.2, 0.25) is 0 Å². The maximum absolute atomic E-state index is 13.1. The van der Waals surface area contributed by atoms with Crippen molar-refractivity contribution in [3.63, 3.8) is 0 Å². The van der Waals surface area contributed by atoms with Crippen molar-refractivity contribution in [3.05, 3.63) is 44.8 Å². The molecule has 8 heteroatoms. The summed E-state index contributed by atoms with van der Waals surface area (Å²) in [6.07, 6.45) is 2.05. The molecule has 0 radical (unpaired) electrons. The van der Waals surface area contributed by atoms with Gasteiger partial charge in [-0.3, -0.25) is 0 Å². The van der Waals surface area contributed by atoms with E-state index in [1.165, 1.54) is 22.7 Å². The number of fused-ring (bicyclic) bond motifs is 5. The molecule has 3 fully saturated rings. The number of quaternary nitrogens is 1. The Hall–Kier alpha value is -0.770. The smallest absolute Gasteiger partial charge is 0.349 e. The molecule has 5 rings (SSSR count). The third kappa shape index (κ3) is 2.84. The van der Waals surface area contributed by atoms with Crippen molar-refractivity contribution >= 4 is 28.6 Å². The predicted molar refractivity (Wildman–Crippen MR) is 99.1 cm³/mol. The van der Waals surface area contributed by atoms with Crippen LogP contribution in [0, 0.1) is 0 Å². The summed E-state index contributed by atoms with van der Waals surface area (Å²) in [7, 11) is 4.49. The van der Waals surface area contributed by atoms with Gasteiger partial charge in [0, 0.05) is 12.8 Å². The van der Waals surface area contributed by atoms with Gasteiger partial charge in [0.05, 0.1) is 23.8 Å². The molecule has 3 aliphatic heterocycles. The summed E-state index contributed by atoms with van der Waals surface area (Å²) in [5.74, 6) is -0.561. The highest BCUT2D eigenvalue weighted by molar-refractivity contribution is 7.12. The van der Waals surface area contributed by atoms with Crippen molar-refractivity contribution in [2.45, 2.75) is 48.8 Å². The SMILES string of the molecule is C[N+]1(C)[C@@H]2CC(OC(=O)C(O)(c3cccs3)c3cccs3)C[C@H]1[C@H]1O[C@H]12.[Br-]. The summed E-state index contributed by atoms with van der Waals surface area (Å²) in [5.41, 5.74) is -1.72. The maximum atomic E-state index is 13.1. The molecule has 0 amide bonds. The molecule has 2 aromatic heterocycles. The lowest BCUT2D eigenvalue weighted by atomic mass is 9.95. The van der Waals surface area contributed by atoms with E-state index in [0.717, 1.165) is 17.3 Å². The molecule has 0 aliphatic carbocycles. The first kappa shape index (κ1) is 19.5. The number of likely N-dealkylation sites (N-methyl/N-ethyl adjacent to an activating group) is 1. The van der Waals surface area contributed by atoms with Gasteiger partial charge in [-0.2, -0.15) is 0 Å². The van der Waals surface area contributed by atoms with Crippen LogP contribution in [0.1, 0.15) is 22.6 Å². The van der Waals surface area contributed by atoms with Gasteiger partial charge in [0.1, 0.15) is 30.4 Å². The Morgan fingerprint density at radius 1 is 1.15 bits per heavy atom. The minimum absolute atomic E-state index is 0. The average Bonchev–Trinajstić information content (AvgIpc) is 2.98. The zero-order valence-corrected chi connectivity index (χ0v) is 18.3. The van der Waals surface area contributed by atoms with Gasteiger partial charge in [-0.1, -0.05) is 12.1 Å². The van der Waals surface area contributed by atoms with Crippen LogP contribution >= 0.6 is 22.7 Å². The number of epoxide rings is 1. The van der Waals surface area contributed by atoms with E-state index in [-0.39, 0.29) is 23.1 Å². The lowest BCUT2D eigenvalue weighted by molar-refractivity contribution is -0.938. The standard InChI is InChI=1S/C19H22NO4S2.BrH/c1-20(2)12-9-11(10-13(20)17-16(12)24-17)23-18(21)19(22,14-5-3-7-25-14)15-6-4-8-26-15;/h3-8,11-13,16-17,22H,9-10H2,1-2H3;1H/q+1;/p-1/t11?,12-,13+,16+,17-;. The first-order chi connectivity index (χ1) is 12.4. The maximum Gasteiger partial charge on any atom is 0.349 e. The number of aliphatic hydroxyl groups is 1. The fourth-order valence-electron chi connectivity index (χ4n) is 4.83. The molecule has 0 saturated carbocycles. The number of nitrogens with zero attached hydrogens (tertiary/aromatic N) is 1. The van der Waals surface area contributed by atoms with Crippen LogP contribution in [0.5, 0.6) is 0 Å². The first-order valence-corrected chi connectivity index (χ1v) is 10.7. The number of thiophene rings is 2. The minimum atomic E-state index is -1.72. The number of halogens is 1. The van der Waals surface area contributed by atoms with E-state index >= 15 is 0 Å². The number of hydrogen-bond donors (Lipinski definition) is 1. The van der Waals surface area contributed by atoms with Crippen LogP contribution in [0.15, 0.2) is 35.0 Å². The molecule has 2 bridgehead atoms. The number of hydrogen-bond acceptors (Lipinski definition) is 6. The van der Waals surface area contributed by atoms with Gasteiger partial charge >= 0.3 is 5.97 Å². The number of carbonyl (C=O) groups excluding carboxylic acids is 1. The number of piperidine rings is 1. The molecule has 5 nitrogen and oxygen atoms in total. The number of morpholine rings is 1. The Labute approximate surface area is 176 Å². The number of esters is 1. The van der Waals surface area contributed by atoms with Crippen LogP contribution < -0.4 is 17.0 Å². The topological polar surface area (TPSA) is 59.1 Å². The highest BCUT2D eigenvalue weighted by Crippen LogP contribution is 2.52. The van der Waals surface area contributed by atoms with Crippen LogP contribution in [0.25, 0.3) is 0 Å². The zero-order valence-electron chi connectivity index (χ0n) is 15.1. The highest BCUT2D eigenvalue weighted by Gasteiger charge is 2.71. The van der Waals surface area contributed by atoms with Gasteiger partial charge in [0.15, 0.2) is 0 Å². The summed E-state index contributed by atoms with van der Waals surface area (Å²) >= 11 is 2.74. The molecule has 0 aromatic carbocycles. The molecular weight excluding hydrogens is 450 g/mol. The Morgan fingerprint density at radius 2 is 1.67 bits per heavy atom. The van der Waals surface area contributed by atoms with E-state index in [1.807, 2.05) is 22.9 Å². The molecule has 2 aromatic rings. The van der Waals surface area contributed by atoms with Crippen molar-refractivity contribution in [3.8, 4) is 0 Å². The van der Waals surface area contributed by atoms with Crippen LogP contribution in [0.4, 0.5) is 0 Å². The largest absolute Gasteiger partial charge is 1.00 e. The third-order valence-electron chi connectivity index (χ3n) is 6.36. The number of carbonyl (C=O) groups is 1. The van der Waals surface area contributed by atoms with E-state index in [1.54, 1.807) is 12.1 Å². The predicted octanol–water partition coefficient (Wildman–Crippen LogP) is -0.650. The van der Waals surface area contributed by atoms with Crippen molar-refractivity contribution in [2.75, 3.05) is 14.1 Å². The fraction of sp³-hybridized carbons (Fsp3) is 0.526. The molecule has 0 spiro atoms. The van der Waals surface area contributed by atoms with Gasteiger partial charge in [0.25, 0.3) is 0 Å². The molecule has 5 heterocycles. The fourth-order valence-corrected chi connectivity index (χ4v) is 6.54. The van der Waals surface area contributed by atoms with E-state index in [9.17, 15) is 9.90 Å². The average molecular weight is 472 g/mol. The molecule has 1 N–H and O–H groups in total. The first-order valence-electron chi connectivity index (χ1n) is 8.92. The Bertz CT molecular complexity index is 769. The van der Waals surface area contributed by atoms with Crippen LogP contribution in [-0.4, -0.2) is 60.0 Å². The monoisotopic (exact) mass is 471 g/mol. The van der Waals surface area contributed by atoms with E-state index in [0.29, 0.717) is 34.0 Å². The Morgan fingerprint density at radius 3 is 2.11 bits per heavy atom. The van der Waals surface area contributed by atoms with Crippen LogP contribution in [0.3, 0.4) is 0 Å². The molecule has 3 aliphatic rings. The second-order valence-corrected chi connectivity index (χ2v) is 9.89. The minimum Gasteiger partial charge on any atom is -1.00 e.